The molecule has 7 nitrogen and oxygen atoms in total. The molecule has 1 aliphatic rings. The summed E-state index contributed by atoms with van der Waals surface area (Å²) in [5.74, 6) is 0. The highest BCUT2D eigenvalue weighted by Gasteiger charge is 2.27. The van der Waals surface area contributed by atoms with E-state index in [0.29, 0.717) is 11.3 Å². The first-order valence-electron chi connectivity index (χ1n) is 10.7. The van der Waals surface area contributed by atoms with Crippen LogP contribution < -0.4 is 11.0 Å². The van der Waals surface area contributed by atoms with Crippen molar-refractivity contribution in [3.8, 4) is 0 Å². The molecule has 0 bridgehead atoms. The molecular weight excluding hydrogens is 424 g/mol. The Morgan fingerprint density at radius 3 is 2.34 bits per heavy atom. The van der Waals surface area contributed by atoms with Crippen molar-refractivity contribution in [3.63, 3.8) is 0 Å². The normalized spacial score (nSPS) is 15.1. The fourth-order valence-corrected chi connectivity index (χ4v) is 5.92. The lowest BCUT2D eigenvalue weighted by atomic mass is 10.2. The molecule has 0 unspecified atom stereocenters. The summed E-state index contributed by atoms with van der Waals surface area (Å²) in [6.45, 7) is 3.77. The lowest BCUT2D eigenvalue weighted by Crippen LogP contribution is -2.31. The quantitative estimate of drug-likeness (QED) is 0.483. The summed E-state index contributed by atoms with van der Waals surface area (Å²) in [6, 6.07) is 11.5. The summed E-state index contributed by atoms with van der Waals surface area (Å²) < 4.78 is 30.2. The van der Waals surface area contributed by atoms with Gasteiger partial charge in [-0.15, -0.1) is 0 Å². The zero-order valence-corrected chi connectivity index (χ0v) is 18.8. The summed E-state index contributed by atoms with van der Waals surface area (Å²) in [5, 5.41) is 9.10. The number of nitrogens with one attached hydrogen (secondary N) is 1. The number of hydrogen-bond acceptors (Lipinski definition) is 5. The highest BCUT2D eigenvalue weighted by molar-refractivity contribution is 7.91. The molecule has 0 aliphatic heterocycles. The van der Waals surface area contributed by atoms with Gasteiger partial charge in [0.15, 0.2) is 0 Å². The standard InChI is InChI=1S/C24H24N4O3S/c1-15-7-10-18(11-8-15)32(30,31)20-13-19-23(28(22(20)25)17-5-3-4-6-17)26-21-12-9-16(2)14-27(21)24(19)29/h7-14,17,25H,3-6H2,1-2H3. The van der Waals surface area contributed by atoms with Crippen molar-refractivity contribution in [3.05, 3.63) is 75.6 Å². The monoisotopic (exact) mass is 448 g/mol. The Balaban J connectivity index is 1.90. The summed E-state index contributed by atoms with van der Waals surface area (Å²) in [7, 11) is -3.99. The number of fused-ring (bicyclic) bond motifs is 2. The highest BCUT2D eigenvalue weighted by Crippen LogP contribution is 2.31. The molecule has 5 rings (SSSR count). The predicted molar refractivity (Wildman–Crippen MR) is 122 cm³/mol. The second kappa shape index (κ2) is 7.41. The number of nitrogens with zero attached hydrogens (tertiary/aromatic N) is 3. The molecule has 164 valence electrons. The maximum Gasteiger partial charge on any atom is 0.267 e. The van der Waals surface area contributed by atoms with Crippen LogP contribution in [0.15, 0.2) is 63.2 Å². The van der Waals surface area contributed by atoms with E-state index in [-0.39, 0.29) is 32.3 Å². The number of rotatable bonds is 3. The van der Waals surface area contributed by atoms with Gasteiger partial charge >= 0.3 is 0 Å². The van der Waals surface area contributed by atoms with Gasteiger partial charge in [-0.1, -0.05) is 36.6 Å². The first-order valence-corrected chi connectivity index (χ1v) is 12.2. The van der Waals surface area contributed by atoms with Gasteiger partial charge in [-0.05, 0) is 56.5 Å². The molecule has 1 aromatic carbocycles. The Morgan fingerprint density at radius 1 is 1.00 bits per heavy atom. The van der Waals surface area contributed by atoms with Crippen LogP contribution in [-0.2, 0) is 9.84 Å². The molecule has 1 aliphatic carbocycles. The molecule has 0 spiro atoms. The Hall–Kier alpha value is -3.26. The van der Waals surface area contributed by atoms with E-state index in [2.05, 4.69) is 0 Å². The van der Waals surface area contributed by atoms with Crippen LogP contribution in [-0.4, -0.2) is 22.4 Å². The minimum Gasteiger partial charge on any atom is -0.307 e. The topological polar surface area (TPSA) is 97.3 Å². The van der Waals surface area contributed by atoms with Gasteiger partial charge in [-0.3, -0.25) is 14.6 Å². The molecule has 32 heavy (non-hydrogen) atoms. The van der Waals surface area contributed by atoms with Crippen LogP contribution in [0.3, 0.4) is 0 Å². The number of pyridine rings is 2. The smallest absolute Gasteiger partial charge is 0.267 e. The van der Waals surface area contributed by atoms with Crippen molar-refractivity contribution in [2.75, 3.05) is 0 Å². The maximum absolute atomic E-state index is 13.5. The van der Waals surface area contributed by atoms with Crippen molar-refractivity contribution in [1.82, 2.24) is 14.0 Å². The number of sulfone groups is 1. The lowest BCUT2D eigenvalue weighted by molar-refractivity contribution is 0.497. The van der Waals surface area contributed by atoms with Crippen LogP contribution in [0.4, 0.5) is 0 Å². The fourth-order valence-electron chi connectivity index (χ4n) is 4.55. The Kier molecular flexibility index (Phi) is 4.78. The zero-order chi connectivity index (χ0) is 22.6. The Bertz CT molecular complexity index is 1590. The molecule has 0 amide bonds. The minimum absolute atomic E-state index is 0.0574. The van der Waals surface area contributed by atoms with Crippen LogP contribution >= 0.6 is 0 Å². The summed E-state index contributed by atoms with van der Waals surface area (Å²) in [4.78, 5) is 18.1. The summed E-state index contributed by atoms with van der Waals surface area (Å²) in [5.41, 5.74) is 2.24. The van der Waals surface area contributed by atoms with E-state index < -0.39 is 9.84 Å². The number of hydrogen-bond donors (Lipinski definition) is 1. The predicted octanol–water partition coefficient (Wildman–Crippen LogP) is 3.69. The lowest BCUT2D eigenvalue weighted by Gasteiger charge is -2.20. The van der Waals surface area contributed by atoms with Crippen LogP contribution in [0.25, 0.3) is 16.7 Å². The first kappa shape index (κ1) is 20.6. The fraction of sp³-hybridized carbons (Fsp3) is 0.292. The van der Waals surface area contributed by atoms with Crippen molar-refractivity contribution < 1.29 is 8.42 Å². The Labute approximate surface area is 185 Å². The van der Waals surface area contributed by atoms with Crippen LogP contribution in [0.5, 0.6) is 0 Å². The van der Waals surface area contributed by atoms with Crippen molar-refractivity contribution >= 4 is 26.5 Å². The third-order valence-corrected chi connectivity index (χ3v) is 8.06. The molecule has 1 N–H and O–H groups in total. The van der Waals surface area contributed by atoms with Gasteiger partial charge in [0, 0.05) is 12.2 Å². The van der Waals surface area contributed by atoms with E-state index in [1.807, 2.05) is 19.9 Å². The largest absolute Gasteiger partial charge is 0.307 e. The van der Waals surface area contributed by atoms with Crippen LogP contribution in [0.2, 0.25) is 0 Å². The maximum atomic E-state index is 13.5. The van der Waals surface area contributed by atoms with Gasteiger partial charge in [-0.2, -0.15) is 0 Å². The number of aromatic nitrogens is 3. The number of aryl methyl sites for hydroxylation is 2. The minimum atomic E-state index is -3.99. The van der Waals surface area contributed by atoms with Gasteiger partial charge in [0.05, 0.1) is 10.3 Å². The molecule has 3 heterocycles. The van der Waals surface area contributed by atoms with E-state index in [9.17, 15) is 13.2 Å². The third-order valence-electron chi connectivity index (χ3n) is 6.27. The SMILES string of the molecule is Cc1ccc(S(=O)(=O)c2cc3c(=O)n4cc(C)ccc4nc3n(C3CCCC3)c2=N)cc1. The van der Waals surface area contributed by atoms with E-state index >= 15 is 0 Å². The van der Waals surface area contributed by atoms with Crippen molar-refractivity contribution in [2.45, 2.75) is 55.4 Å². The van der Waals surface area contributed by atoms with Gasteiger partial charge in [0.2, 0.25) is 9.84 Å². The molecule has 4 aromatic rings. The van der Waals surface area contributed by atoms with E-state index in [1.165, 1.54) is 10.5 Å². The molecule has 0 atom stereocenters. The van der Waals surface area contributed by atoms with Crippen molar-refractivity contribution in [1.29, 1.82) is 5.41 Å². The molecule has 0 radical (unpaired) electrons. The van der Waals surface area contributed by atoms with Gasteiger partial charge < -0.3 is 4.57 Å². The second-order valence-corrected chi connectivity index (χ2v) is 10.5. The average molecular weight is 449 g/mol. The van der Waals surface area contributed by atoms with Crippen LogP contribution in [0, 0.1) is 19.3 Å². The molecule has 1 fully saturated rings. The summed E-state index contributed by atoms with van der Waals surface area (Å²) in [6.07, 6.45) is 5.36. The molecule has 8 heteroatoms. The molecule has 3 aromatic heterocycles. The second-order valence-electron chi connectivity index (χ2n) is 8.57. The van der Waals surface area contributed by atoms with Gasteiger partial charge in [0.25, 0.3) is 5.56 Å². The van der Waals surface area contributed by atoms with E-state index in [1.54, 1.807) is 41.1 Å². The third kappa shape index (κ3) is 3.17. The first-order chi connectivity index (χ1) is 15.3. The molecule has 0 saturated heterocycles. The van der Waals surface area contributed by atoms with Gasteiger partial charge in [0.1, 0.15) is 21.7 Å². The molecule has 1 saturated carbocycles. The van der Waals surface area contributed by atoms with Gasteiger partial charge in [-0.25, -0.2) is 13.4 Å². The average Bonchev–Trinajstić information content (AvgIpc) is 3.29. The number of benzene rings is 1. The summed E-state index contributed by atoms with van der Waals surface area (Å²) >= 11 is 0. The zero-order valence-electron chi connectivity index (χ0n) is 18.0. The molecular formula is C24H24N4O3S. The van der Waals surface area contributed by atoms with Crippen LogP contribution in [0.1, 0.15) is 42.9 Å². The van der Waals surface area contributed by atoms with Crippen molar-refractivity contribution in [2.24, 2.45) is 0 Å². The van der Waals surface area contributed by atoms with E-state index in [0.717, 1.165) is 36.8 Å². The highest BCUT2D eigenvalue weighted by atomic mass is 32.2. The van der Waals surface area contributed by atoms with E-state index in [4.69, 9.17) is 10.4 Å². The Morgan fingerprint density at radius 2 is 1.66 bits per heavy atom.